The van der Waals surface area contributed by atoms with Crippen molar-refractivity contribution in [3.05, 3.63) is 76.3 Å². The van der Waals surface area contributed by atoms with Gasteiger partial charge in [-0.05, 0) is 24.1 Å². The van der Waals surface area contributed by atoms with Gasteiger partial charge in [0.1, 0.15) is 5.01 Å². The molecule has 0 aliphatic rings. The first kappa shape index (κ1) is 20.0. The normalized spacial score (nSPS) is 11.5. The van der Waals surface area contributed by atoms with Gasteiger partial charge in [0.2, 0.25) is 0 Å². The minimum absolute atomic E-state index is 0.0206. The molecule has 4 nitrogen and oxygen atoms in total. The average Bonchev–Trinajstić information content (AvgIpc) is 3.10. The number of ether oxygens (including phenoxy) is 1. The third kappa shape index (κ3) is 4.96. The fraction of sp³-hybridized carbons (Fsp3) is 0.200. The number of halogens is 3. The summed E-state index contributed by atoms with van der Waals surface area (Å²) in [4.78, 5) is 15.5. The topological polar surface area (TPSA) is 62.2 Å². The Balaban J connectivity index is 1.70. The summed E-state index contributed by atoms with van der Waals surface area (Å²) in [7, 11) is 0. The molecule has 0 saturated carbocycles. The van der Waals surface area contributed by atoms with E-state index in [0.29, 0.717) is 23.6 Å². The third-order valence-corrected chi connectivity index (χ3v) is 5.09. The standard InChI is InChI=1S/C20H16F3NO3S/c21-20(22,23)15-8-6-14(7-9-15)18-24-16(17(28-18)19(25)26)12-27-11-10-13-4-2-1-3-5-13/h1-9H,10-12H2,(H,25,26)/p-1. The van der Waals surface area contributed by atoms with Gasteiger partial charge in [-0.3, -0.25) is 0 Å². The van der Waals surface area contributed by atoms with Gasteiger partial charge in [-0.2, -0.15) is 13.2 Å². The molecule has 2 aromatic carbocycles. The number of thiazole rings is 1. The van der Waals surface area contributed by atoms with E-state index in [1.165, 1.54) is 12.1 Å². The highest BCUT2D eigenvalue weighted by molar-refractivity contribution is 7.17. The van der Waals surface area contributed by atoms with Crippen LogP contribution in [-0.2, 0) is 23.9 Å². The summed E-state index contributed by atoms with van der Waals surface area (Å²) in [5, 5.41) is 11.7. The van der Waals surface area contributed by atoms with Crippen LogP contribution in [0.2, 0.25) is 0 Å². The van der Waals surface area contributed by atoms with E-state index in [1.807, 2.05) is 30.3 Å². The molecular formula is C20H15F3NO3S-. The summed E-state index contributed by atoms with van der Waals surface area (Å²) in [5.74, 6) is -1.39. The summed E-state index contributed by atoms with van der Waals surface area (Å²) in [5.41, 5.74) is 0.910. The van der Waals surface area contributed by atoms with E-state index in [0.717, 1.165) is 29.0 Å². The van der Waals surface area contributed by atoms with Crippen molar-refractivity contribution in [3.8, 4) is 10.6 Å². The molecule has 3 aromatic rings. The highest BCUT2D eigenvalue weighted by Gasteiger charge is 2.30. The quantitative estimate of drug-likeness (QED) is 0.558. The van der Waals surface area contributed by atoms with E-state index in [1.54, 1.807) is 0 Å². The van der Waals surface area contributed by atoms with Gasteiger partial charge in [0.15, 0.2) is 0 Å². The third-order valence-electron chi connectivity index (χ3n) is 3.96. The second kappa shape index (κ2) is 8.53. The van der Waals surface area contributed by atoms with E-state index in [4.69, 9.17) is 4.74 Å². The summed E-state index contributed by atoms with van der Waals surface area (Å²) in [6.45, 7) is 0.358. The van der Waals surface area contributed by atoms with Crippen LogP contribution in [-0.4, -0.2) is 17.6 Å². The minimum Gasteiger partial charge on any atom is -0.544 e. The van der Waals surface area contributed by atoms with Crippen molar-refractivity contribution < 1.29 is 27.8 Å². The maximum absolute atomic E-state index is 12.7. The molecule has 0 atom stereocenters. The summed E-state index contributed by atoms with van der Waals surface area (Å²) >= 11 is 0.854. The van der Waals surface area contributed by atoms with E-state index in [9.17, 15) is 23.1 Å². The monoisotopic (exact) mass is 406 g/mol. The number of carbonyl (C=O) groups is 1. The molecule has 0 radical (unpaired) electrons. The summed E-state index contributed by atoms with van der Waals surface area (Å²) < 4.78 is 43.6. The summed E-state index contributed by atoms with van der Waals surface area (Å²) in [6, 6.07) is 14.1. The molecule has 1 aromatic heterocycles. The number of hydrogen-bond acceptors (Lipinski definition) is 5. The number of rotatable bonds is 7. The van der Waals surface area contributed by atoms with Gasteiger partial charge in [0.05, 0.1) is 35.3 Å². The van der Waals surface area contributed by atoms with Gasteiger partial charge in [0.25, 0.3) is 0 Å². The van der Waals surface area contributed by atoms with Gasteiger partial charge >= 0.3 is 6.18 Å². The minimum atomic E-state index is -4.44. The van der Waals surface area contributed by atoms with Crippen LogP contribution in [0.3, 0.4) is 0 Å². The number of carbonyl (C=O) groups excluding carboxylic acids is 1. The van der Waals surface area contributed by atoms with E-state index in [2.05, 4.69) is 4.98 Å². The van der Waals surface area contributed by atoms with Gasteiger partial charge in [-0.15, -0.1) is 11.3 Å². The van der Waals surface area contributed by atoms with E-state index < -0.39 is 17.7 Å². The molecule has 0 saturated heterocycles. The lowest BCUT2D eigenvalue weighted by molar-refractivity contribution is -0.254. The van der Waals surface area contributed by atoms with Crippen LogP contribution in [0.4, 0.5) is 13.2 Å². The number of alkyl halides is 3. The largest absolute Gasteiger partial charge is 0.544 e. The van der Waals surface area contributed by atoms with Crippen LogP contribution in [0.25, 0.3) is 10.6 Å². The van der Waals surface area contributed by atoms with Crippen molar-refractivity contribution >= 4 is 17.3 Å². The number of carboxylic acids is 1. The van der Waals surface area contributed by atoms with Crippen molar-refractivity contribution in [3.63, 3.8) is 0 Å². The zero-order valence-corrected chi connectivity index (χ0v) is 15.3. The molecule has 0 N–H and O–H groups in total. The molecule has 0 fully saturated rings. The number of benzene rings is 2. The Hall–Kier alpha value is -2.71. The SMILES string of the molecule is O=C([O-])c1sc(-c2ccc(C(F)(F)F)cc2)nc1COCCc1ccccc1. The molecule has 146 valence electrons. The van der Waals surface area contributed by atoms with Crippen molar-refractivity contribution in [1.82, 2.24) is 4.98 Å². The van der Waals surface area contributed by atoms with Crippen molar-refractivity contribution in [2.24, 2.45) is 0 Å². The Morgan fingerprint density at radius 1 is 1.07 bits per heavy atom. The zero-order valence-electron chi connectivity index (χ0n) is 14.5. The Labute approximate surface area is 163 Å². The molecule has 0 spiro atoms. The lowest BCUT2D eigenvalue weighted by atomic mass is 10.1. The maximum Gasteiger partial charge on any atom is 0.416 e. The van der Waals surface area contributed by atoms with Crippen LogP contribution in [0.15, 0.2) is 54.6 Å². The van der Waals surface area contributed by atoms with Gasteiger partial charge in [-0.1, -0.05) is 42.5 Å². The number of hydrogen-bond donors (Lipinski definition) is 0. The molecular weight excluding hydrogens is 391 g/mol. The Morgan fingerprint density at radius 2 is 1.75 bits per heavy atom. The van der Waals surface area contributed by atoms with Gasteiger partial charge in [-0.25, -0.2) is 4.98 Å². The highest BCUT2D eigenvalue weighted by Crippen LogP contribution is 2.33. The lowest BCUT2D eigenvalue weighted by Gasteiger charge is -2.06. The van der Waals surface area contributed by atoms with E-state index in [-0.39, 0.29) is 17.2 Å². The Kier molecular flexibility index (Phi) is 6.11. The Morgan fingerprint density at radius 3 is 2.36 bits per heavy atom. The molecule has 0 aliphatic heterocycles. The van der Waals surface area contributed by atoms with Crippen LogP contribution in [0.1, 0.15) is 26.5 Å². The zero-order chi connectivity index (χ0) is 20.1. The second-order valence-electron chi connectivity index (χ2n) is 5.95. The molecule has 0 aliphatic carbocycles. The molecule has 28 heavy (non-hydrogen) atoms. The molecule has 0 bridgehead atoms. The maximum atomic E-state index is 12.7. The molecule has 0 amide bonds. The molecule has 8 heteroatoms. The molecule has 3 rings (SSSR count). The number of aromatic nitrogens is 1. The fourth-order valence-corrected chi connectivity index (χ4v) is 3.45. The van der Waals surface area contributed by atoms with Gasteiger partial charge in [0, 0.05) is 5.56 Å². The van der Waals surface area contributed by atoms with E-state index >= 15 is 0 Å². The van der Waals surface area contributed by atoms with Crippen LogP contribution in [0.5, 0.6) is 0 Å². The average molecular weight is 406 g/mol. The van der Waals surface area contributed by atoms with Crippen LogP contribution in [0, 0.1) is 0 Å². The predicted molar refractivity (Wildman–Crippen MR) is 96.7 cm³/mol. The first-order valence-electron chi connectivity index (χ1n) is 8.35. The first-order valence-corrected chi connectivity index (χ1v) is 9.16. The highest BCUT2D eigenvalue weighted by atomic mass is 32.1. The van der Waals surface area contributed by atoms with Crippen molar-refractivity contribution in [2.75, 3.05) is 6.61 Å². The smallest absolute Gasteiger partial charge is 0.416 e. The van der Waals surface area contributed by atoms with Gasteiger partial charge < -0.3 is 14.6 Å². The predicted octanol–water partition coefficient (Wildman–Crippen LogP) is 3.95. The number of carboxylic acid groups (broad SMARTS) is 1. The van der Waals surface area contributed by atoms with Crippen LogP contribution >= 0.6 is 11.3 Å². The Bertz CT molecular complexity index is 938. The second-order valence-corrected chi connectivity index (χ2v) is 6.94. The fourth-order valence-electron chi connectivity index (χ4n) is 2.54. The lowest BCUT2D eigenvalue weighted by Crippen LogP contribution is -2.22. The number of aromatic carboxylic acids is 1. The summed E-state index contributed by atoms with van der Waals surface area (Å²) in [6.07, 6.45) is -3.77. The van der Waals surface area contributed by atoms with Crippen molar-refractivity contribution in [1.29, 1.82) is 0 Å². The van der Waals surface area contributed by atoms with Crippen LogP contribution < -0.4 is 5.11 Å². The van der Waals surface area contributed by atoms with Crippen molar-refractivity contribution in [2.45, 2.75) is 19.2 Å². The molecule has 1 heterocycles. The molecule has 0 unspecified atom stereocenters. The first-order chi connectivity index (χ1) is 13.3. The number of nitrogens with zero attached hydrogens (tertiary/aromatic N) is 1.